The molecule has 1 fully saturated rings. The zero-order chi connectivity index (χ0) is 19.7. The van der Waals surface area contributed by atoms with E-state index >= 15 is 0 Å². The van der Waals surface area contributed by atoms with Gasteiger partial charge in [-0.3, -0.25) is 4.79 Å². The third-order valence-electron chi connectivity index (χ3n) is 4.83. The molecule has 2 aromatic carbocycles. The quantitative estimate of drug-likeness (QED) is 0.702. The summed E-state index contributed by atoms with van der Waals surface area (Å²) in [7, 11) is 0. The van der Waals surface area contributed by atoms with E-state index in [9.17, 15) is 9.18 Å². The van der Waals surface area contributed by atoms with E-state index in [1.54, 1.807) is 17.2 Å². The minimum atomic E-state index is -0.407. The molecule has 0 bridgehead atoms. The van der Waals surface area contributed by atoms with Gasteiger partial charge < -0.3 is 15.0 Å². The summed E-state index contributed by atoms with van der Waals surface area (Å²) in [4.78, 5) is 19.3. The van der Waals surface area contributed by atoms with Gasteiger partial charge in [-0.2, -0.15) is 0 Å². The lowest BCUT2D eigenvalue weighted by Gasteiger charge is -2.27. The van der Waals surface area contributed by atoms with Crippen LogP contribution in [0.25, 0.3) is 10.8 Å². The maximum absolute atomic E-state index is 13.3. The second kappa shape index (κ2) is 7.73. The topological polar surface area (TPSA) is 54.5 Å². The van der Waals surface area contributed by atoms with Gasteiger partial charge in [0.25, 0.3) is 5.91 Å². The lowest BCUT2D eigenvalue weighted by atomic mass is 10.0. The van der Waals surface area contributed by atoms with Crippen molar-refractivity contribution >= 4 is 39.8 Å². The molecule has 0 spiro atoms. The number of aromatic nitrogens is 1. The van der Waals surface area contributed by atoms with Crippen molar-refractivity contribution in [2.45, 2.75) is 6.92 Å². The van der Waals surface area contributed by atoms with Crippen LogP contribution in [0.2, 0.25) is 5.02 Å². The molecule has 0 radical (unpaired) electrons. The summed E-state index contributed by atoms with van der Waals surface area (Å²) >= 11 is 6.14. The van der Waals surface area contributed by atoms with Crippen molar-refractivity contribution in [2.24, 2.45) is 0 Å². The van der Waals surface area contributed by atoms with E-state index in [0.717, 1.165) is 16.3 Å². The van der Waals surface area contributed by atoms with Crippen LogP contribution in [-0.4, -0.2) is 42.1 Å². The summed E-state index contributed by atoms with van der Waals surface area (Å²) in [6.45, 7) is 4.18. The number of benzene rings is 2. The zero-order valence-electron chi connectivity index (χ0n) is 15.3. The second-order valence-corrected chi connectivity index (χ2v) is 7.08. The first-order valence-corrected chi connectivity index (χ1v) is 9.40. The second-order valence-electron chi connectivity index (χ2n) is 6.67. The van der Waals surface area contributed by atoms with Gasteiger partial charge in [0.15, 0.2) is 0 Å². The van der Waals surface area contributed by atoms with Gasteiger partial charge in [-0.15, -0.1) is 0 Å². The van der Waals surface area contributed by atoms with E-state index < -0.39 is 5.82 Å². The van der Waals surface area contributed by atoms with E-state index in [1.807, 2.05) is 25.1 Å². The normalized spacial score (nSPS) is 14.3. The Bertz CT molecular complexity index is 1050. The first kappa shape index (κ1) is 18.7. The van der Waals surface area contributed by atoms with Crippen LogP contribution in [0.15, 0.2) is 42.6 Å². The number of ether oxygens (including phenoxy) is 1. The van der Waals surface area contributed by atoms with Crippen LogP contribution in [0.4, 0.5) is 15.9 Å². The van der Waals surface area contributed by atoms with Gasteiger partial charge in [0.2, 0.25) is 0 Å². The van der Waals surface area contributed by atoms with Crippen molar-refractivity contribution in [3.05, 3.63) is 64.6 Å². The molecule has 1 saturated heterocycles. The Morgan fingerprint density at radius 3 is 2.79 bits per heavy atom. The highest BCUT2D eigenvalue weighted by molar-refractivity contribution is 6.33. The fourth-order valence-corrected chi connectivity index (χ4v) is 3.62. The Morgan fingerprint density at radius 1 is 1.25 bits per heavy atom. The van der Waals surface area contributed by atoms with E-state index in [2.05, 4.69) is 10.3 Å². The number of carbonyl (C=O) groups excluding carboxylic acids is 1. The van der Waals surface area contributed by atoms with Crippen LogP contribution < -0.4 is 5.32 Å². The van der Waals surface area contributed by atoms with E-state index in [0.29, 0.717) is 43.4 Å². The molecule has 3 aromatic rings. The van der Waals surface area contributed by atoms with E-state index in [4.69, 9.17) is 16.3 Å². The number of fused-ring (bicyclic) bond motifs is 1. The molecule has 0 atom stereocenters. The number of nitrogens with one attached hydrogen (secondary N) is 1. The van der Waals surface area contributed by atoms with Crippen LogP contribution in [0.3, 0.4) is 0 Å². The molecular formula is C21H19ClFN3O2. The molecule has 1 N–H and O–H groups in total. The molecule has 0 saturated carbocycles. The molecule has 1 aliphatic rings. The predicted molar refractivity (Wildman–Crippen MR) is 108 cm³/mol. The van der Waals surface area contributed by atoms with Gasteiger partial charge in [0, 0.05) is 30.1 Å². The summed E-state index contributed by atoms with van der Waals surface area (Å²) < 4.78 is 18.7. The molecule has 28 heavy (non-hydrogen) atoms. The largest absolute Gasteiger partial charge is 0.378 e. The first-order chi connectivity index (χ1) is 13.5. The molecule has 7 heteroatoms. The van der Waals surface area contributed by atoms with Gasteiger partial charge in [0.05, 0.1) is 29.5 Å². The standard InChI is InChI=1S/C21H19ClFN3O2/c1-13-3-2-4-15-19(13)16(21(27)26-7-9-28-10-8-26)12-24-20(15)25-18-6-5-14(23)11-17(18)22/h2-6,11-12H,7-10H2,1H3,(H,24,25). The fourth-order valence-electron chi connectivity index (χ4n) is 3.40. The molecule has 4 rings (SSSR count). The maximum atomic E-state index is 13.3. The molecule has 1 aromatic heterocycles. The van der Waals surface area contributed by atoms with Crippen molar-refractivity contribution in [3.8, 4) is 0 Å². The van der Waals surface area contributed by atoms with Crippen LogP contribution >= 0.6 is 11.6 Å². The van der Waals surface area contributed by atoms with Crippen molar-refractivity contribution in [1.29, 1.82) is 0 Å². The Hall–Kier alpha value is -2.70. The summed E-state index contributed by atoms with van der Waals surface area (Å²) in [5.41, 5.74) is 2.08. The third kappa shape index (κ3) is 3.53. The highest BCUT2D eigenvalue weighted by Crippen LogP contribution is 2.32. The Balaban J connectivity index is 1.78. The summed E-state index contributed by atoms with van der Waals surface area (Å²) in [5, 5.41) is 5.07. The number of rotatable bonds is 3. The molecule has 0 unspecified atom stereocenters. The number of aryl methyl sites for hydroxylation is 1. The number of halogens is 2. The Kier molecular flexibility index (Phi) is 5.15. The number of carbonyl (C=O) groups is 1. The maximum Gasteiger partial charge on any atom is 0.256 e. The minimum Gasteiger partial charge on any atom is -0.378 e. The third-order valence-corrected chi connectivity index (χ3v) is 5.15. The monoisotopic (exact) mass is 399 g/mol. The molecule has 1 aliphatic heterocycles. The molecule has 0 aliphatic carbocycles. The van der Waals surface area contributed by atoms with Crippen LogP contribution in [-0.2, 0) is 4.74 Å². The first-order valence-electron chi connectivity index (χ1n) is 9.02. The smallest absolute Gasteiger partial charge is 0.256 e. The minimum absolute atomic E-state index is 0.0542. The predicted octanol–water partition coefficient (Wildman–Crippen LogP) is 4.55. The van der Waals surface area contributed by atoms with Gasteiger partial charge in [-0.1, -0.05) is 29.8 Å². The highest BCUT2D eigenvalue weighted by atomic mass is 35.5. The molecule has 5 nitrogen and oxygen atoms in total. The van der Waals surface area contributed by atoms with E-state index in [1.165, 1.54) is 12.1 Å². The lowest BCUT2D eigenvalue weighted by molar-refractivity contribution is 0.0304. The van der Waals surface area contributed by atoms with Crippen molar-refractivity contribution in [2.75, 3.05) is 31.6 Å². The highest BCUT2D eigenvalue weighted by Gasteiger charge is 2.22. The Morgan fingerprint density at radius 2 is 2.04 bits per heavy atom. The van der Waals surface area contributed by atoms with Crippen molar-refractivity contribution < 1.29 is 13.9 Å². The number of nitrogens with zero attached hydrogens (tertiary/aromatic N) is 2. The summed E-state index contributed by atoms with van der Waals surface area (Å²) in [6, 6.07) is 9.93. The fraction of sp³-hybridized carbons (Fsp3) is 0.238. The zero-order valence-corrected chi connectivity index (χ0v) is 16.1. The summed E-state index contributed by atoms with van der Waals surface area (Å²) in [5.74, 6) is 0.0999. The lowest BCUT2D eigenvalue weighted by Crippen LogP contribution is -2.40. The average molecular weight is 400 g/mol. The van der Waals surface area contributed by atoms with Gasteiger partial charge in [-0.25, -0.2) is 9.37 Å². The van der Waals surface area contributed by atoms with Crippen LogP contribution in [0.5, 0.6) is 0 Å². The van der Waals surface area contributed by atoms with E-state index in [-0.39, 0.29) is 10.9 Å². The number of morpholine rings is 1. The van der Waals surface area contributed by atoms with Crippen molar-refractivity contribution in [1.82, 2.24) is 9.88 Å². The van der Waals surface area contributed by atoms with Crippen LogP contribution in [0, 0.1) is 12.7 Å². The van der Waals surface area contributed by atoms with Gasteiger partial charge >= 0.3 is 0 Å². The number of amides is 1. The Labute approximate surface area is 167 Å². The molecular weight excluding hydrogens is 381 g/mol. The number of hydrogen-bond acceptors (Lipinski definition) is 4. The SMILES string of the molecule is Cc1cccc2c(Nc3ccc(F)cc3Cl)ncc(C(=O)N3CCOCC3)c12. The molecule has 2 heterocycles. The van der Waals surface area contributed by atoms with Crippen LogP contribution in [0.1, 0.15) is 15.9 Å². The van der Waals surface area contributed by atoms with Crippen molar-refractivity contribution in [3.63, 3.8) is 0 Å². The molecule has 144 valence electrons. The number of anilines is 2. The summed E-state index contributed by atoms with van der Waals surface area (Å²) in [6.07, 6.45) is 1.59. The average Bonchev–Trinajstić information content (AvgIpc) is 2.70. The molecule has 1 amide bonds. The van der Waals surface area contributed by atoms with Gasteiger partial charge in [0.1, 0.15) is 11.6 Å². The van der Waals surface area contributed by atoms with Gasteiger partial charge in [-0.05, 0) is 30.7 Å². The number of pyridine rings is 1. The number of hydrogen-bond donors (Lipinski definition) is 1.